The average molecular weight is 334 g/mol. The molecule has 0 radical (unpaired) electrons. The van der Waals surface area contributed by atoms with E-state index in [1.165, 1.54) is 0 Å². The molecule has 1 N–H and O–H groups in total. The van der Waals surface area contributed by atoms with Crippen LogP contribution in [-0.4, -0.2) is 33.1 Å². The molecule has 2 rings (SSSR count). The van der Waals surface area contributed by atoms with Gasteiger partial charge in [0.2, 0.25) is 0 Å². The molecule has 1 saturated heterocycles. The Morgan fingerprint density at radius 3 is 2.89 bits per heavy atom. The molecule has 1 aliphatic heterocycles. The van der Waals surface area contributed by atoms with Crippen LogP contribution < -0.4 is 10.1 Å². The van der Waals surface area contributed by atoms with Crippen LogP contribution in [0.2, 0.25) is 0 Å². The molecule has 0 saturated carbocycles. The van der Waals surface area contributed by atoms with Crippen LogP contribution in [0.5, 0.6) is 5.75 Å². The summed E-state index contributed by atoms with van der Waals surface area (Å²) in [7, 11) is -1.29. The van der Waals surface area contributed by atoms with Gasteiger partial charge in [0.1, 0.15) is 5.75 Å². The predicted octanol–water partition coefficient (Wildman–Crippen LogP) is 2.45. The van der Waals surface area contributed by atoms with Crippen molar-refractivity contribution in [3.05, 3.63) is 22.7 Å². The van der Waals surface area contributed by atoms with Gasteiger partial charge in [-0.2, -0.15) is 0 Å². The summed E-state index contributed by atoms with van der Waals surface area (Å²) in [5.41, 5.74) is 0.828. The van der Waals surface area contributed by atoms with Crippen LogP contribution >= 0.6 is 15.9 Å². The second-order valence-corrected chi connectivity index (χ2v) is 7.59. The summed E-state index contributed by atoms with van der Waals surface area (Å²) in [4.78, 5) is 0. The van der Waals surface area contributed by atoms with Gasteiger partial charge in [0, 0.05) is 10.5 Å². The minimum atomic E-state index is -2.90. The lowest BCUT2D eigenvalue weighted by Gasteiger charge is -2.25. The molecule has 1 atom stereocenters. The van der Waals surface area contributed by atoms with Gasteiger partial charge >= 0.3 is 0 Å². The Morgan fingerprint density at radius 2 is 2.22 bits per heavy atom. The summed E-state index contributed by atoms with van der Waals surface area (Å²) in [5, 5.41) is 3.26. The Balaban J connectivity index is 2.16. The van der Waals surface area contributed by atoms with Crippen molar-refractivity contribution < 1.29 is 13.2 Å². The third-order valence-electron chi connectivity index (χ3n) is 2.98. The van der Waals surface area contributed by atoms with Gasteiger partial charge in [-0.05, 0) is 31.0 Å². The molecule has 1 heterocycles. The zero-order chi connectivity index (χ0) is 13.2. The number of anilines is 1. The Kier molecular flexibility index (Phi) is 4.17. The summed E-state index contributed by atoms with van der Waals surface area (Å²) in [6.45, 7) is 0. The van der Waals surface area contributed by atoms with Gasteiger partial charge in [0.25, 0.3) is 0 Å². The minimum Gasteiger partial charge on any atom is -0.495 e. The second kappa shape index (κ2) is 5.48. The van der Waals surface area contributed by atoms with E-state index in [9.17, 15) is 8.42 Å². The first kappa shape index (κ1) is 13.7. The van der Waals surface area contributed by atoms with Crippen molar-refractivity contribution in [2.75, 3.05) is 23.9 Å². The fourth-order valence-corrected chi connectivity index (χ4v) is 4.15. The molecular formula is C12H16BrNO3S. The lowest BCUT2D eigenvalue weighted by molar-refractivity contribution is 0.415. The molecular weight excluding hydrogens is 318 g/mol. The minimum absolute atomic E-state index is 0.0352. The molecule has 4 nitrogen and oxygen atoms in total. The number of nitrogens with one attached hydrogen (secondary N) is 1. The first-order valence-corrected chi connectivity index (χ1v) is 8.42. The third-order valence-corrected chi connectivity index (χ3v) is 5.30. The van der Waals surface area contributed by atoms with E-state index in [2.05, 4.69) is 21.2 Å². The number of ether oxygens (including phenoxy) is 1. The van der Waals surface area contributed by atoms with Crippen molar-refractivity contribution in [1.29, 1.82) is 0 Å². The fourth-order valence-electron chi connectivity index (χ4n) is 2.15. The second-order valence-electron chi connectivity index (χ2n) is 4.44. The molecule has 0 aromatic heterocycles. The van der Waals surface area contributed by atoms with E-state index in [-0.39, 0.29) is 11.8 Å². The molecule has 1 unspecified atom stereocenters. The van der Waals surface area contributed by atoms with Gasteiger partial charge in [0.15, 0.2) is 9.84 Å². The molecule has 1 aromatic carbocycles. The first-order valence-electron chi connectivity index (χ1n) is 5.81. The number of benzene rings is 1. The van der Waals surface area contributed by atoms with E-state index in [4.69, 9.17) is 4.74 Å². The molecule has 0 amide bonds. The predicted molar refractivity (Wildman–Crippen MR) is 76.0 cm³/mol. The maximum absolute atomic E-state index is 11.6. The summed E-state index contributed by atoms with van der Waals surface area (Å²) in [6, 6.07) is 5.61. The number of sulfone groups is 1. The van der Waals surface area contributed by atoms with E-state index in [0.717, 1.165) is 28.8 Å². The highest BCUT2D eigenvalue weighted by atomic mass is 79.9. The lowest BCUT2D eigenvalue weighted by Crippen LogP contribution is -2.34. The number of hydrogen-bond donors (Lipinski definition) is 1. The van der Waals surface area contributed by atoms with Crippen LogP contribution in [0, 0.1) is 0 Å². The van der Waals surface area contributed by atoms with Crippen molar-refractivity contribution in [3.8, 4) is 5.75 Å². The quantitative estimate of drug-likeness (QED) is 0.923. The Bertz CT molecular complexity index is 530. The lowest BCUT2D eigenvalue weighted by atomic mass is 10.1. The molecule has 18 heavy (non-hydrogen) atoms. The Morgan fingerprint density at radius 1 is 1.44 bits per heavy atom. The fraction of sp³-hybridized carbons (Fsp3) is 0.500. The maximum Gasteiger partial charge on any atom is 0.152 e. The number of methoxy groups -OCH3 is 1. The molecule has 1 aromatic rings. The molecule has 100 valence electrons. The molecule has 1 aliphatic rings. The largest absolute Gasteiger partial charge is 0.495 e. The molecule has 0 spiro atoms. The zero-order valence-electron chi connectivity index (χ0n) is 10.1. The van der Waals surface area contributed by atoms with Crippen LogP contribution in [0.25, 0.3) is 0 Å². The van der Waals surface area contributed by atoms with E-state index in [1.807, 2.05) is 18.2 Å². The van der Waals surface area contributed by atoms with Crippen LogP contribution in [0.1, 0.15) is 12.8 Å². The van der Waals surface area contributed by atoms with Crippen LogP contribution in [0.3, 0.4) is 0 Å². The summed E-state index contributed by atoms with van der Waals surface area (Å²) in [5.74, 6) is 1.23. The normalized spacial score (nSPS) is 22.4. The van der Waals surface area contributed by atoms with Gasteiger partial charge in [0.05, 0.1) is 24.3 Å². The molecule has 0 bridgehead atoms. The molecule has 1 fully saturated rings. The van der Waals surface area contributed by atoms with Crippen molar-refractivity contribution in [2.45, 2.75) is 18.9 Å². The van der Waals surface area contributed by atoms with E-state index in [1.54, 1.807) is 7.11 Å². The van der Waals surface area contributed by atoms with Crippen LogP contribution in [0.4, 0.5) is 5.69 Å². The highest BCUT2D eigenvalue weighted by molar-refractivity contribution is 9.10. The highest BCUT2D eigenvalue weighted by Crippen LogP contribution is 2.29. The van der Waals surface area contributed by atoms with E-state index >= 15 is 0 Å². The molecule has 0 aliphatic carbocycles. The Hall–Kier alpha value is -0.750. The van der Waals surface area contributed by atoms with Crippen LogP contribution in [-0.2, 0) is 9.84 Å². The maximum atomic E-state index is 11.6. The molecule has 6 heteroatoms. The van der Waals surface area contributed by atoms with Gasteiger partial charge in [-0.3, -0.25) is 0 Å². The first-order chi connectivity index (χ1) is 8.50. The van der Waals surface area contributed by atoms with Gasteiger partial charge < -0.3 is 10.1 Å². The number of hydrogen-bond acceptors (Lipinski definition) is 4. The SMILES string of the molecule is COc1ccc(Br)cc1NC1CCCS(=O)(=O)C1. The summed E-state index contributed by atoms with van der Waals surface area (Å²) >= 11 is 3.40. The monoisotopic (exact) mass is 333 g/mol. The van der Waals surface area contributed by atoms with E-state index in [0.29, 0.717) is 5.75 Å². The number of halogens is 1. The number of rotatable bonds is 3. The highest BCUT2D eigenvalue weighted by Gasteiger charge is 2.25. The van der Waals surface area contributed by atoms with E-state index < -0.39 is 9.84 Å². The van der Waals surface area contributed by atoms with Crippen molar-refractivity contribution >= 4 is 31.5 Å². The Labute approximate surface area is 116 Å². The summed E-state index contributed by atoms with van der Waals surface area (Å²) < 4.78 is 29.4. The van der Waals surface area contributed by atoms with Gasteiger partial charge in [-0.1, -0.05) is 15.9 Å². The van der Waals surface area contributed by atoms with Gasteiger partial charge in [-0.25, -0.2) is 8.42 Å². The smallest absolute Gasteiger partial charge is 0.152 e. The third kappa shape index (κ3) is 3.38. The summed E-state index contributed by atoms with van der Waals surface area (Å²) in [6.07, 6.45) is 1.59. The topological polar surface area (TPSA) is 55.4 Å². The van der Waals surface area contributed by atoms with Crippen molar-refractivity contribution in [2.24, 2.45) is 0 Å². The standard InChI is InChI=1S/C12H16BrNO3S/c1-17-12-5-4-9(13)7-11(12)14-10-3-2-6-18(15,16)8-10/h4-5,7,10,14H,2-3,6,8H2,1H3. The van der Waals surface area contributed by atoms with Gasteiger partial charge in [-0.15, -0.1) is 0 Å². The van der Waals surface area contributed by atoms with Crippen molar-refractivity contribution in [3.63, 3.8) is 0 Å². The average Bonchev–Trinajstić information content (AvgIpc) is 2.28. The zero-order valence-corrected chi connectivity index (χ0v) is 12.6. The van der Waals surface area contributed by atoms with Crippen molar-refractivity contribution in [1.82, 2.24) is 0 Å². The van der Waals surface area contributed by atoms with Crippen LogP contribution in [0.15, 0.2) is 22.7 Å².